The summed E-state index contributed by atoms with van der Waals surface area (Å²) in [6.07, 6.45) is 0.672. The number of hydrogen-bond donors (Lipinski definition) is 0. The number of amides is 1. The molecular weight excluding hydrogens is 218 g/mol. The Labute approximate surface area is 95.5 Å². The summed E-state index contributed by atoms with van der Waals surface area (Å²) >= 11 is 5.54. The van der Waals surface area contributed by atoms with Crippen molar-refractivity contribution in [2.75, 3.05) is 19.0 Å². The summed E-state index contributed by atoms with van der Waals surface area (Å²) < 4.78 is 4.85. The van der Waals surface area contributed by atoms with Gasteiger partial charge in [-0.2, -0.15) is 0 Å². The SMILES string of the molecule is CCOC(=O)[C@H](C)N(CCCCl)C(C)=O. The zero-order valence-electron chi connectivity index (χ0n) is 9.46. The van der Waals surface area contributed by atoms with Gasteiger partial charge in [-0.1, -0.05) is 0 Å². The topological polar surface area (TPSA) is 46.6 Å². The standard InChI is InChI=1S/C10H18ClNO3/c1-4-15-10(14)8(2)12(9(3)13)7-5-6-11/h8H,4-7H2,1-3H3/t8-/m0/s1. The van der Waals surface area contributed by atoms with E-state index in [9.17, 15) is 9.59 Å². The highest BCUT2D eigenvalue weighted by Gasteiger charge is 2.23. The molecule has 0 N–H and O–H groups in total. The van der Waals surface area contributed by atoms with Crippen molar-refractivity contribution in [1.82, 2.24) is 4.90 Å². The Morgan fingerprint density at radius 3 is 2.47 bits per heavy atom. The van der Waals surface area contributed by atoms with Crippen LogP contribution in [0.25, 0.3) is 0 Å². The van der Waals surface area contributed by atoms with Gasteiger partial charge >= 0.3 is 5.97 Å². The van der Waals surface area contributed by atoms with E-state index in [0.717, 1.165) is 0 Å². The number of halogens is 1. The molecule has 0 unspecified atom stereocenters. The van der Waals surface area contributed by atoms with E-state index in [4.69, 9.17) is 16.3 Å². The minimum atomic E-state index is -0.536. The van der Waals surface area contributed by atoms with Gasteiger partial charge in [0, 0.05) is 19.3 Å². The molecule has 0 bridgehead atoms. The average molecular weight is 236 g/mol. The van der Waals surface area contributed by atoms with Gasteiger partial charge in [-0.15, -0.1) is 11.6 Å². The molecule has 15 heavy (non-hydrogen) atoms. The monoisotopic (exact) mass is 235 g/mol. The average Bonchev–Trinajstić information content (AvgIpc) is 2.18. The van der Waals surface area contributed by atoms with E-state index in [-0.39, 0.29) is 11.9 Å². The molecule has 0 aliphatic rings. The second kappa shape index (κ2) is 7.51. The normalized spacial score (nSPS) is 12.0. The molecule has 0 aliphatic carbocycles. The van der Waals surface area contributed by atoms with Crippen LogP contribution in [0.5, 0.6) is 0 Å². The van der Waals surface area contributed by atoms with E-state index in [1.54, 1.807) is 13.8 Å². The lowest BCUT2D eigenvalue weighted by Gasteiger charge is -2.26. The lowest BCUT2D eigenvalue weighted by atomic mass is 10.2. The second-order valence-electron chi connectivity index (χ2n) is 3.18. The van der Waals surface area contributed by atoms with Crippen LogP contribution in [0.3, 0.4) is 0 Å². The summed E-state index contributed by atoms with van der Waals surface area (Å²) in [6, 6.07) is -0.536. The number of esters is 1. The molecule has 0 rings (SSSR count). The number of carbonyl (C=O) groups excluding carboxylic acids is 2. The summed E-state index contributed by atoms with van der Waals surface area (Å²) in [4.78, 5) is 24.2. The van der Waals surface area contributed by atoms with E-state index in [0.29, 0.717) is 25.5 Å². The highest BCUT2D eigenvalue weighted by molar-refractivity contribution is 6.17. The first-order valence-corrected chi connectivity index (χ1v) is 5.57. The van der Waals surface area contributed by atoms with E-state index >= 15 is 0 Å². The molecule has 0 saturated carbocycles. The number of rotatable bonds is 6. The Balaban J connectivity index is 4.33. The van der Waals surface area contributed by atoms with E-state index in [1.165, 1.54) is 11.8 Å². The van der Waals surface area contributed by atoms with Gasteiger partial charge in [-0.25, -0.2) is 4.79 Å². The van der Waals surface area contributed by atoms with Crippen molar-refractivity contribution < 1.29 is 14.3 Å². The molecular formula is C10H18ClNO3. The molecule has 0 heterocycles. The van der Waals surface area contributed by atoms with Crippen LogP contribution in [0.4, 0.5) is 0 Å². The van der Waals surface area contributed by atoms with Crippen molar-refractivity contribution in [2.24, 2.45) is 0 Å². The molecule has 0 aromatic rings. The van der Waals surface area contributed by atoms with Gasteiger partial charge < -0.3 is 9.64 Å². The molecule has 4 nitrogen and oxygen atoms in total. The Hall–Kier alpha value is -0.770. The largest absolute Gasteiger partial charge is 0.464 e. The summed E-state index contributed by atoms with van der Waals surface area (Å²) in [7, 11) is 0. The number of alkyl halides is 1. The molecule has 0 aromatic carbocycles. The predicted octanol–water partition coefficient (Wildman–Crippen LogP) is 1.42. The number of hydrogen-bond acceptors (Lipinski definition) is 3. The fourth-order valence-corrected chi connectivity index (χ4v) is 1.36. The zero-order chi connectivity index (χ0) is 11.8. The quantitative estimate of drug-likeness (QED) is 0.517. The van der Waals surface area contributed by atoms with Gasteiger partial charge in [0.1, 0.15) is 6.04 Å². The van der Waals surface area contributed by atoms with Crippen LogP contribution < -0.4 is 0 Å². The maximum Gasteiger partial charge on any atom is 0.328 e. The maximum atomic E-state index is 11.4. The summed E-state index contributed by atoms with van der Waals surface area (Å²) in [5.41, 5.74) is 0. The van der Waals surface area contributed by atoms with Crippen LogP contribution in [-0.4, -0.2) is 41.8 Å². The van der Waals surface area contributed by atoms with Crippen LogP contribution in [0.2, 0.25) is 0 Å². The third-order valence-corrected chi connectivity index (χ3v) is 2.30. The van der Waals surface area contributed by atoms with Gasteiger partial charge in [0.15, 0.2) is 0 Å². The Kier molecular flexibility index (Phi) is 7.13. The molecule has 5 heteroatoms. The molecule has 0 radical (unpaired) electrons. The van der Waals surface area contributed by atoms with Crippen molar-refractivity contribution in [3.8, 4) is 0 Å². The van der Waals surface area contributed by atoms with Crippen molar-refractivity contribution in [2.45, 2.75) is 33.2 Å². The van der Waals surface area contributed by atoms with Crippen LogP contribution in [0, 0.1) is 0 Å². The number of nitrogens with zero attached hydrogens (tertiary/aromatic N) is 1. The van der Waals surface area contributed by atoms with Gasteiger partial charge in [0.05, 0.1) is 6.61 Å². The summed E-state index contributed by atoms with van der Waals surface area (Å²) in [5, 5.41) is 0. The highest BCUT2D eigenvalue weighted by Crippen LogP contribution is 2.04. The summed E-state index contributed by atoms with van der Waals surface area (Å²) in [5.74, 6) is -0.0396. The highest BCUT2D eigenvalue weighted by atomic mass is 35.5. The third kappa shape index (κ3) is 5.02. The van der Waals surface area contributed by atoms with Crippen LogP contribution in [0.1, 0.15) is 27.2 Å². The second-order valence-corrected chi connectivity index (χ2v) is 3.56. The Morgan fingerprint density at radius 2 is 2.07 bits per heavy atom. The smallest absolute Gasteiger partial charge is 0.328 e. The van der Waals surface area contributed by atoms with Crippen molar-refractivity contribution in [3.63, 3.8) is 0 Å². The molecule has 0 aromatic heterocycles. The lowest BCUT2D eigenvalue weighted by molar-refractivity contribution is -0.153. The summed E-state index contributed by atoms with van der Waals surface area (Å²) in [6.45, 7) is 5.64. The molecule has 0 fully saturated rings. The Morgan fingerprint density at radius 1 is 1.47 bits per heavy atom. The first-order chi connectivity index (χ1) is 7.04. The van der Waals surface area contributed by atoms with Gasteiger partial charge in [-0.3, -0.25) is 4.79 Å². The van der Waals surface area contributed by atoms with Crippen LogP contribution in [-0.2, 0) is 14.3 Å². The zero-order valence-corrected chi connectivity index (χ0v) is 10.2. The molecule has 1 atom stereocenters. The lowest BCUT2D eigenvalue weighted by Crippen LogP contribution is -2.43. The minimum Gasteiger partial charge on any atom is -0.464 e. The maximum absolute atomic E-state index is 11.4. The fraction of sp³-hybridized carbons (Fsp3) is 0.800. The van der Waals surface area contributed by atoms with Crippen molar-refractivity contribution in [3.05, 3.63) is 0 Å². The molecule has 0 spiro atoms. The number of carbonyl (C=O) groups is 2. The van der Waals surface area contributed by atoms with Crippen LogP contribution in [0.15, 0.2) is 0 Å². The van der Waals surface area contributed by atoms with Crippen LogP contribution >= 0.6 is 11.6 Å². The molecule has 0 saturated heterocycles. The van der Waals surface area contributed by atoms with Crippen molar-refractivity contribution in [1.29, 1.82) is 0 Å². The third-order valence-electron chi connectivity index (χ3n) is 2.03. The first-order valence-electron chi connectivity index (χ1n) is 5.04. The van der Waals surface area contributed by atoms with Crippen molar-refractivity contribution >= 4 is 23.5 Å². The predicted molar refractivity (Wildman–Crippen MR) is 58.8 cm³/mol. The molecule has 88 valence electrons. The first kappa shape index (κ1) is 14.2. The van der Waals surface area contributed by atoms with Gasteiger partial charge in [-0.05, 0) is 20.3 Å². The molecule has 0 aliphatic heterocycles. The molecule has 1 amide bonds. The Bertz CT molecular complexity index is 221. The van der Waals surface area contributed by atoms with E-state index in [2.05, 4.69) is 0 Å². The van der Waals surface area contributed by atoms with E-state index in [1.807, 2.05) is 0 Å². The fourth-order valence-electron chi connectivity index (χ4n) is 1.24. The number of ether oxygens (including phenoxy) is 1. The van der Waals surface area contributed by atoms with Gasteiger partial charge in [0.25, 0.3) is 0 Å². The van der Waals surface area contributed by atoms with E-state index < -0.39 is 6.04 Å². The minimum absolute atomic E-state index is 0.138. The van der Waals surface area contributed by atoms with Gasteiger partial charge in [0.2, 0.25) is 5.91 Å².